The minimum absolute atomic E-state index is 0.298. The minimum atomic E-state index is 0.298. The monoisotopic (exact) mass is 396 g/mol. The van der Waals surface area contributed by atoms with E-state index < -0.39 is 0 Å². The van der Waals surface area contributed by atoms with Crippen LogP contribution in [-0.2, 0) is 0 Å². The molecular formula is C24H24N6. The lowest BCUT2D eigenvalue weighted by Crippen LogP contribution is -2.28. The molecule has 1 aromatic carbocycles. The Bertz CT molecular complexity index is 1360. The van der Waals surface area contributed by atoms with Crippen molar-refractivity contribution in [2.75, 3.05) is 18.0 Å². The van der Waals surface area contributed by atoms with Gasteiger partial charge in [0.05, 0.1) is 16.6 Å². The first kappa shape index (κ1) is 17.4. The highest BCUT2D eigenvalue weighted by Crippen LogP contribution is 2.30. The number of benzene rings is 1. The number of hydrogen-bond donors (Lipinski definition) is 2. The van der Waals surface area contributed by atoms with E-state index in [4.69, 9.17) is 4.98 Å². The number of aryl methyl sites for hydroxylation is 1. The molecule has 30 heavy (non-hydrogen) atoms. The SMILES string of the molecule is Cc1ccncc1C1C=c2c(-c3nc4c(N5CCCC5)cccc4[nH]3)n[nH]c2=CC1. The molecule has 0 saturated carbocycles. The lowest BCUT2D eigenvalue weighted by Gasteiger charge is -2.17. The van der Waals surface area contributed by atoms with Gasteiger partial charge in [0.2, 0.25) is 0 Å². The molecule has 1 aliphatic heterocycles. The largest absolute Gasteiger partial charge is 0.370 e. The van der Waals surface area contributed by atoms with Crippen LogP contribution in [-0.4, -0.2) is 38.2 Å². The first-order valence-corrected chi connectivity index (χ1v) is 10.7. The summed E-state index contributed by atoms with van der Waals surface area (Å²) < 4.78 is 0. The molecular weight excluding hydrogens is 372 g/mol. The molecule has 0 bridgehead atoms. The van der Waals surface area contributed by atoms with Crippen molar-refractivity contribution in [3.63, 3.8) is 0 Å². The van der Waals surface area contributed by atoms with Crippen LogP contribution in [0.2, 0.25) is 0 Å². The third-order valence-electron chi connectivity index (χ3n) is 6.42. The second-order valence-corrected chi connectivity index (χ2v) is 8.30. The number of para-hydroxylation sites is 1. The number of aromatic nitrogens is 5. The Kier molecular flexibility index (Phi) is 3.97. The molecule has 6 rings (SSSR count). The van der Waals surface area contributed by atoms with Crippen molar-refractivity contribution < 1.29 is 0 Å². The zero-order valence-corrected chi connectivity index (χ0v) is 17.0. The van der Waals surface area contributed by atoms with Gasteiger partial charge in [0.25, 0.3) is 0 Å². The molecule has 2 N–H and O–H groups in total. The number of pyridine rings is 1. The highest BCUT2D eigenvalue weighted by molar-refractivity contribution is 5.91. The van der Waals surface area contributed by atoms with E-state index in [0.717, 1.165) is 52.6 Å². The molecule has 0 amide bonds. The summed E-state index contributed by atoms with van der Waals surface area (Å²) in [5, 5.41) is 10.0. The van der Waals surface area contributed by atoms with Crippen molar-refractivity contribution in [1.29, 1.82) is 0 Å². The smallest absolute Gasteiger partial charge is 0.159 e. The fraction of sp³-hybridized carbons (Fsp3) is 0.292. The van der Waals surface area contributed by atoms with Crippen LogP contribution < -0.4 is 15.5 Å². The summed E-state index contributed by atoms with van der Waals surface area (Å²) in [6, 6.07) is 8.47. The van der Waals surface area contributed by atoms with Crippen LogP contribution in [0.1, 0.15) is 36.3 Å². The van der Waals surface area contributed by atoms with Crippen molar-refractivity contribution in [1.82, 2.24) is 25.1 Å². The van der Waals surface area contributed by atoms with Crippen LogP contribution in [0, 0.1) is 6.92 Å². The first-order chi connectivity index (χ1) is 14.8. The van der Waals surface area contributed by atoms with Crippen LogP contribution in [0.5, 0.6) is 0 Å². The van der Waals surface area contributed by atoms with E-state index in [1.54, 1.807) is 0 Å². The summed E-state index contributed by atoms with van der Waals surface area (Å²) in [6.07, 6.45) is 11.8. The van der Waals surface area contributed by atoms with Crippen LogP contribution in [0.3, 0.4) is 0 Å². The quantitative estimate of drug-likeness (QED) is 0.558. The van der Waals surface area contributed by atoms with E-state index in [1.807, 2.05) is 12.4 Å². The van der Waals surface area contributed by atoms with E-state index in [9.17, 15) is 0 Å². The van der Waals surface area contributed by atoms with Crippen LogP contribution in [0.15, 0.2) is 36.7 Å². The maximum absolute atomic E-state index is 5.00. The Morgan fingerprint density at radius 1 is 1.13 bits per heavy atom. The molecule has 1 unspecified atom stereocenters. The second-order valence-electron chi connectivity index (χ2n) is 8.30. The third-order valence-corrected chi connectivity index (χ3v) is 6.42. The zero-order chi connectivity index (χ0) is 20.1. The van der Waals surface area contributed by atoms with Crippen molar-refractivity contribution >= 4 is 28.9 Å². The van der Waals surface area contributed by atoms with Gasteiger partial charge in [0.1, 0.15) is 11.2 Å². The highest BCUT2D eigenvalue weighted by Gasteiger charge is 2.20. The van der Waals surface area contributed by atoms with Crippen LogP contribution in [0.4, 0.5) is 5.69 Å². The molecule has 1 aliphatic carbocycles. The average molecular weight is 396 g/mol. The van der Waals surface area contributed by atoms with Gasteiger partial charge in [-0.05, 0) is 55.5 Å². The first-order valence-electron chi connectivity index (χ1n) is 10.7. The molecule has 0 radical (unpaired) electrons. The number of fused-ring (bicyclic) bond motifs is 2. The Labute approximate surface area is 174 Å². The second kappa shape index (κ2) is 6.83. The molecule has 6 heteroatoms. The van der Waals surface area contributed by atoms with E-state index in [1.165, 1.54) is 29.7 Å². The third kappa shape index (κ3) is 2.75. The van der Waals surface area contributed by atoms with E-state index >= 15 is 0 Å². The topological polar surface area (TPSA) is 73.5 Å². The van der Waals surface area contributed by atoms with Gasteiger partial charge in [-0.2, -0.15) is 5.10 Å². The molecule has 4 heterocycles. The lowest BCUT2D eigenvalue weighted by atomic mass is 9.90. The van der Waals surface area contributed by atoms with E-state index in [2.05, 4.69) is 68.4 Å². The number of hydrogen-bond acceptors (Lipinski definition) is 4. The molecule has 1 fully saturated rings. The molecule has 6 nitrogen and oxygen atoms in total. The summed E-state index contributed by atoms with van der Waals surface area (Å²) in [6.45, 7) is 4.36. The number of nitrogens with zero attached hydrogens (tertiary/aromatic N) is 4. The average Bonchev–Trinajstić information content (AvgIpc) is 3.51. The highest BCUT2D eigenvalue weighted by atomic mass is 15.2. The Morgan fingerprint density at radius 3 is 2.90 bits per heavy atom. The van der Waals surface area contributed by atoms with Crippen molar-refractivity contribution in [3.8, 4) is 11.5 Å². The Hall–Kier alpha value is -3.41. The van der Waals surface area contributed by atoms with Gasteiger partial charge in [0, 0.05) is 36.6 Å². The molecule has 0 spiro atoms. The van der Waals surface area contributed by atoms with E-state index in [-0.39, 0.29) is 0 Å². The predicted octanol–water partition coefficient (Wildman–Crippen LogP) is 3.01. The van der Waals surface area contributed by atoms with Crippen LogP contribution in [0.25, 0.3) is 34.7 Å². The summed E-state index contributed by atoms with van der Waals surface area (Å²) in [5.74, 6) is 1.12. The van der Waals surface area contributed by atoms with Gasteiger partial charge < -0.3 is 9.88 Å². The maximum Gasteiger partial charge on any atom is 0.159 e. The molecule has 3 aromatic heterocycles. The van der Waals surface area contributed by atoms with Crippen LogP contribution >= 0.6 is 0 Å². The number of aromatic amines is 2. The van der Waals surface area contributed by atoms with Crippen molar-refractivity contribution in [2.45, 2.75) is 32.1 Å². The summed E-state index contributed by atoms with van der Waals surface area (Å²) >= 11 is 0. The summed E-state index contributed by atoms with van der Waals surface area (Å²) in [5.41, 5.74) is 6.74. The van der Waals surface area contributed by atoms with Crippen molar-refractivity contribution in [3.05, 3.63) is 58.4 Å². The molecule has 1 saturated heterocycles. The number of H-pyrrole nitrogens is 2. The minimum Gasteiger partial charge on any atom is -0.370 e. The fourth-order valence-electron chi connectivity index (χ4n) is 4.81. The van der Waals surface area contributed by atoms with Gasteiger partial charge >= 0.3 is 0 Å². The summed E-state index contributed by atoms with van der Waals surface area (Å²) in [4.78, 5) is 15.3. The Balaban J connectivity index is 1.47. The van der Waals surface area contributed by atoms with E-state index in [0.29, 0.717) is 5.92 Å². The molecule has 150 valence electrons. The van der Waals surface area contributed by atoms with Gasteiger partial charge in [-0.15, -0.1) is 0 Å². The number of imidazole rings is 1. The zero-order valence-electron chi connectivity index (χ0n) is 17.0. The molecule has 2 aliphatic rings. The van der Waals surface area contributed by atoms with Gasteiger partial charge in [-0.1, -0.05) is 18.2 Å². The van der Waals surface area contributed by atoms with Gasteiger partial charge in [-0.25, -0.2) is 4.98 Å². The lowest BCUT2D eigenvalue weighted by molar-refractivity contribution is 0.894. The van der Waals surface area contributed by atoms with Crippen molar-refractivity contribution in [2.24, 2.45) is 0 Å². The standard InChI is InChI=1S/C24H24N6/c1-15-9-10-25-14-18(15)16-7-8-19-17(13-16)22(29-28-19)24-26-20-5-4-6-21(23(20)27-24)30-11-2-3-12-30/h4-6,8-10,13-14,16,28H,2-3,7,11-12H2,1H3,(H,26,27). The van der Waals surface area contributed by atoms with Gasteiger partial charge in [-0.3, -0.25) is 10.1 Å². The number of rotatable bonds is 3. The summed E-state index contributed by atoms with van der Waals surface area (Å²) in [7, 11) is 0. The Morgan fingerprint density at radius 2 is 2.03 bits per heavy atom. The predicted molar refractivity (Wildman–Crippen MR) is 120 cm³/mol. The fourth-order valence-corrected chi connectivity index (χ4v) is 4.81. The molecule has 4 aromatic rings. The molecule has 1 atom stereocenters. The number of nitrogens with one attached hydrogen (secondary N) is 2. The van der Waals surface area contributed by atoms with Gasteiger partial charge in [0.15, 0.2) is 5.82 Å². The number of anilines is 1. The normalized spacial score (nSPS) is 18.3. The maximum atomic E-state index is 5.00.